The summed E-state index contributed by atoms with van der Waals surface area (Å²) in [7, 11) is 0. The highest BCUT2D eigenvalue weighted by atomic mass is 35.5. The molecule has 22 heavy (non-hydrogen) atoms. The molecule has 0 aliphatic rings. The third-order valence-electron chi connectivity index (χ3n) is 2.98. The van der Waals surface area contributed by atoms with Crippen molar-refractivity contribution in [2.45, 2.75) is 33.6 Å². The molecular weight excluding hydrogens is 319 g/mol. The van der Waals surface area contributed by atoms with Gasteiger partial charge in [0.25, 0.3) is 0 Å². The number of benzene rings is 1. The molecule has 1 aromatic rings. The molecule has 2 amide bonds. The molecule has 1 rings (SSSR count). The van der Waals surface area contributed by atoms with Crippen molar-refractivity contribution in [2.24, 2.45) is 0 Å². The predicted octanol–water partition coefficient (Wildman–Crippen LogP) is 5.81. The van der Waals surface area contributed by atoms with Crippen molar-refractivity contribution >= 4 is 34.9 Å². The molecule has 0 aliphatic carbocycles. The number of anilines is 1. The highest BCUT2D eigenvalue weighted by Crippen LogP contribution is 2.25. The molecule has 0 unspecified atom stereocenters. The first-order chi connectivity index (χ1) is 10.4. The number of rotatable bonds is 6. The zero-order chi connectivity index (χ0) is 16.5. The molecule has 0 saturated heterocycles. The van der Waals surface area contributed by atoms with Crippen molar-refractivity contribution in [3.8, 4) is 0 Å². The highest BCUT2D eigenvalue weighted by molar-refractivity contribution is 6.35. The SMILES string of the molecule is CC(C)=CCC/C(C)=C/CNC(=O)Nc1cc(Cl)ccc1Cl. The van der Waals surface area contributed by atoms with Gasteiger partial charge in [-0.3, -0.25) is 0 Å². The molecule has 5 heteroatoms. The summed E-state index contributed by atoms with van der Waals surface area (Å²) in [5.41, 5.74) is 3.07. The summed E-state index contributed by atoms with van der Waals surface area (Å²) in [6, 6.07) is 4.62. The molecule has 120 valence electrons. The molecule has 0 bridgehead atoms. The van der Waals surface area contributed by atoms with Crippen molar-refractivity contribution in [3.63, 3.8) is 0 Å². The lowest BCUT2D eigenvalue weighted by molar-refractivity contribution is 0.253. The first-order valence-electron chi connectivity index (χ1n) is 7.17. The van der Waals surface area contributed by atoms with Gasteiger partial charge in [0.1, 0.15) is 0 Å². The van der Waals surface area contributed by atoms with Crippen molar-refractivity contribution < 1.29 is 4.79 Å². The number of carbonyl (C=O) groups excluding carboxylic acids is 1. The molecule has 0 radical (unpaired) electrons. The topological polar surface area (TPSA) is 41.1 Å². The number of urea groups is 1. The Hall–Kier alpha value is -1.45. The third-order valence-corrected chi connectivity index (χ3v) is 3.55. The Kier molecular flexibility index (Phi) is 8.07. The maximum atomic E-state index is 11.8. The quantitative estimate of drug-likeness (QED) is 0.630. The van der Waals surface area contributed by atoms with Gasteiger partial charge in [-0.2, -0.15) is 0 Å². The van der Waals surface area contributed by atoms with Crippen LogP contribution in [-0.2, 0) is 0 Å². The Morgan fingerprint density at radius 1 is 1.18 bits per heavy atom. The number of hydrogen-bond acceptors (Lipinski definition) is 1. The molecule has 0 aliphatic heterocycles. The maximum Gasteiger partial charge on any atom is 0.319 e. The second kappa shape index (κ2) is 9.54. The van der Waals surface area contributed by atoms with E-state index in [-0.39, 0.29) is 6.03 Å². The van der Waals surface area contributed by atoms with Gasteiger partial charge in [0, 0.05) is 11.6 Å². The van der Waals surface area contributed by atoms with E-state index in [4.69, 9.17) is 23.2 Å². The van der Waals surface area contributed by atoms with Crippen LogP contribution in [0.3, 0.4) is 0 Å². The number of hydrogen-bond donors (Lipinski definition) is 2. The minimum Gasteiger partial charge on any atom is -0.334 e. The monoisotopic (exact) mass is 340 g/mol. The zero-order valence-corrected chi connectivity index (χ0v) is 14.7. The average molecular weight is 341 g/mol. The number of amides is 2. The van der Waals surface area contributed by atoms with E-state index < -0.39 is 0 Å². The molecular formula is C17H22Cl2N2O. The lowest BCUT2D eigenvalue weighted by Crippen LogP contribution is -2.29. The molecule has 0 heterocycles. The Balaban J connectivity index is 2.40. The van der Waals surface area contributed by atoms with Crippen LogP contribution in [-0.4, -0.2) is 12.6 Å². The Morgan fingerprint density at radius 2 is 1.91 bits per heavy atom. The average Bonchev–Trinajstić information content (AvgIpc) is 2.42. The lowest BCUT2D eigenvalue weighted by atomic mass is 10.1. The van der Waals surface area contributed by atoms with E-state index in [1.165, 1.54) is 11.1 Å². The standard InChI is InChI=1S/C17H22Cl2N2O/c1-12(2)5-4-6-13(3)9-10-20-17(22)21-16-11-14(18)7-8-15(16)19/h5,7-9,11H,4,6,10H2,1-3H3,(H2,20,21,22)/b13-9+. The molecule has 3 nitrogen and oxygen atoms in total. The van der Waals surface area contributed by atoms with E-state index in [0.29, 0.717) is 22.3 Å². The molecule has 2 N–H and O–H groups in total. The summed E-state index contributed by atoms with van der Waals surface area (Å²) in [6.45, 7) is 6.72. The molecule has 0 spiro atoms. The fourth-order valence-electron chi connectivity index (χ4n) is 1.77. The van der Waals surface area contributed by atoms with Crippen LogP contribution in [0, 0.1) is 0 Å². The molecule has 0 fully saturated rings. The fraction of sp³-hybridized carbons (Fsp3) is 0.353. The van der Waals surface area contributed by atoms with Gasteiger partial charge in [0.05, 0.1) is 10.7 Å². The van der Waals surface area contributed by atoms with E-state index in [9.17, 15) is 4.79 Å². The van der Waals surface area contributed by atoms with Gasteiger partial charge in [0.15, 0.2) is 0 Å². The summed E-state index contributed by atoms with van der Waals surface area (Å²) < 4.78 is 0. The second-order valence-corrected chi connectivity index (χ2v) is 6.17. The van der Waals surface area contributed by atoms with Crippen molar-refractivity contribution in [2.75, 3.05) is 11.9 Å². The molecule has 0 atom stereocenters. The van der Waals surface area contributed by atoms with Crippen LogP contribution in [0.4, 0.5) is 10.5 Å². The van der Waals surface area contributed by atoms with Crippen LogP contribution in [0.15, 0.2) is 41.5 Å². The lowest BCUT2D eigenvalue weighted by Gasteiger charge is -2.08. The van der Waals surface area contributed by atoms with E-state index >= 15 is 0 Å². The van der Waals surface area contributed by atoms with Crippen molar-refractivity contribution in [1.82, 2.24) is 5.32 Å². The second-order valence-electron chi connectivity index (χ2n) is 5.33. The largest absolute Gasteiger partial charge is 0.334 e. The van der Waals surface area contributed by atoms with Crippen LogP contribution >= 0.6 is 23.2 Å². The van der Waals surface area contributed by atoms with E-state index in [0.717, 1.165) is 12.8 Å². The van der Waals surface area contributed by atoms with Gasteiger partial charge >= 0.3 is 6.03 Å². The first kappa shape index (κ1) is 18.6. The van der Waals surface area contributed by atoms with E-state index in [2.05, 4.69) is 37.5 Å². The minimum absolute atomic E-state index is 0.308. The summed E-state index contributed by atoms with van der Waals surface area (Å²) in [4.78, 5) is 11.8. The fourth-order valence-corrected chi connectivity index (χ4v) is 2.11. The summed E-state index contributed by atoms with van der Waals surface area (Å²) in [6.07, 6.45) is 6.24. The van der Waals surface area contributed by atoms with Gasteiger partial charge in [-0.15, -0.1) is 0 Å². The first-order valence-corrected chi connectivity index (χ1v) is 7.93. The van der Waals surface area contributed by atoms with Crippen LogP contribution < -0.4 is 10.6 Å². The Morgan fingerprint density at radius 3 is 2.59 bits per heavy atom. The van der Waals surface area contributed by atoms with Crippen LogP contribution in [0.1, 0.15) is 33.6 Å². The van der Waals surface area contributed by atoms with Gasteiger partial charge in [0.2, 0.25) is 0 Å². The summed E-state index contributed by atoms with van der Waals surface area (Å²) >= 11 is 11.9. The zero-order valence-electron chi connectivity index (χ0n) is 13.2. The van der Waals surface area contributed by atoms with Crippen LogP contribution in [0.2, 0.25) is 10.0 Å². The highest BCUT2D eigenvalue weighted by Gasteiger charge is 2.05. The van der Waals surface area contributed by atoms with Gasteiger partial charge in [-0.25, -0.2) is 4.79 Å². The third kappa shape index (κ3) is 7.53. The Bertz CT molecular complexity index is 576. The summed E-state index contributed by atoms with van der Waals surface area (Å²) in [5.74, 6) is 0. The Labute approximate surface area is 142 Å². The molecule has 0 saturated carbocycles. The van der Waals surface area contributed by atoms with Crippen molar-refractivity contribution in [3.05, 3.63) is 51.5 Å². The maximum absolute atomic E-state index is 11.8. The van der Waals surface area contributed by atoms with Crippen LogP contribution in [0.5, 0.6) is 0 Å². The van der Waals surface area contributed by atoms with Crippen molar-refractivity contribution in [1.29, 1.82) is 0 Å². The van der Waals surface area contributed by atoms with Gasteiger partial charge in [-0.05, 0) is 51.8 Å². The van der Waals surface area contributed by atoms with Gasteiger partial charge in [-0.1, -0.05) is 46.5 Å². The number of nitrogens with one attached hydrogen (secondary N) is 2. The number of carbonyl (C=O) groups is 1. The summed E-state index contributed by atoms with van der Waals surface area (Å²) in [5, 5.41) is 6.42. The normalized spacial score (nSPS) is 11.0. The number of halogens is 2. The molecule has 0 aromatic heterocycles. The van der Waals surface area contributed by atoms with E-state index in [1.54, 1.807) is 18.2 Å². The van der Waals surface area contributed by atoms with E-state index in [1.807, 2.05) is 6.08 Å². The smallest absolute Gasteiger partial charge is 0.319 e. The van der Waals surface area contributed by atoms with Gasteiger partial charge < -0.3 is 10.6 Å². The molecule has 1 aromatic carbocycles. The predicted molar refractivity (Wildman–Crippen MR) is 95.9 cm³/mol. The minimum atomic E-state index is -0.308. The number of allylic oxidation sites excluding steroid dienone is 3. The van der Waals surface area contributed by atoms with Crippen LogP contribution in [0.25, 0.3) is 0 Å².